The Labute approximate surface area is 176 Å². The topological polar surface area (TPSA) is 137 Å². The number of nitrogens with one attached hydrogen (secondary N) is 1. The number of anilines is 1. The molecule has 0 unspecified atom stereocenters. The Balaban J connectivity index is 2.17. The van der Waals surface area contributed by atoms with Crippen molar-refractivity contribution in [3.05, 3.63) is 34.0 Å². The molecule has 0 aliphatic carbocycles. The molecule has 30 heavy (non-hydrogen) atoms. The molecule has 0 saturated heterocycles. The van der Waals surface area contributed by atoms with E-state index in [1.165, 1.54) is 16.9 Å². The number of ether oxygens (including phenoxy) is 2. The van der Waals surface area contributed by atoms with Gasteiger partial charge in [-0.2, -0.15) is 5.10 Å². The Bertz CT molecular complexity index is 948. The van der Waals surface area contributed by atoms with Crippen molar-refractivity contribution < 1.29 is 33.8 Å². The number of carbonyl (C=O) groups is 4. The number of carboxylic acids is 1. The number of aromatic carboxylic acids is 1. The van der Waals surface area contributed by atoms with Gasteiger partial charge in [0.1, 0.15) is 9.88 Å². The Morgan fingerprint density at radius 1 is 1.20 bits per heavy atom. The van der Waals surface area contributed by atoms with Gasteiger partial charge in [0.05, 0.1) is 18.8 Å². The second-order valence-electron chi connectivity index (χ2n) is 6.18. The van der Waals surface area contributed by atoms with Crippen LogP contribution in [0.3, 0.4) is 0 Å². The highest BCUT2D eigenvalue weighted by Gasteiger charge is 2.27. The summed E-state index contributed by atoms with van der Waals surface area (Å²) < 4.78 is 11.5. The molecule has 0 radical (unpaired) electrons. The van der Waals surface area contributed by atoms with E-state index in [0.29, 0.717) is 12.0 Å². The van der Waals surface area contributed by atoms with Crippen molar-refractivity contribution in [1.82, 2.24) is 9.78 Å². The minimum Gasteiger partial charge on any atom is -0.476 e. The van der Waals surface area contributed by atoms with Crippen LogP contribution < -0.4 is 5.32 Å². The van der Waals surface area contributed by atoms with Crippen LogP contribution in [0.1, 0.15) is 62.8 Å². The number of nitrogens with zero attached hydrogens (tertiary/aromatic N) is 2. The smallest absolute Gasteiger partial charge is 0.356 e. The number of esters is 2. The third-order valence-corrected chi connectivity index (χ3v) is 5.12. The van der Waals surface area contributed by atoms with Crippen LogP contribution in [0.2, 0.25) is 0 Å². The fourth-order valence-corrected chi connectivity index (χ4v) is 3.62. The summed E-state index contributed by atoms with van der Waals surface area (Å²) in [6.07, 6.45) is 2.07. The molecule has 0 aliphatic rings. The molecule has 0 spiro atoms. The lowest BCUT2D eigenvalue weighted by Gasteiger charge is -2.08. The number of aromatic nitrogens is 2. The molecule has 0 fully saturated rings. The predicted octanol–water partition coefficient (Wildman–Crippen LogP) is 2.72. The van der Waals surface area contributed by atoms with Gasteiger partial charge in [-0.25, -0.2) is 14.4 Å². The van der Waals surface area contributed by atoms with E-state index in [4.69, 9.17) is 14.6 Å². The molecule has 1 amide bonds. The molecule has 0 aliphatic heterocycles. The van der Waals surface area contributed by atoms with Crippen molar-refractivity contribution in [3.8, 4) is 0 Å². The number of aryl methyl sites for hydroxylation is 1. The van der Waals surface area contributed by atoms with E-state index >= 15 is 0 Å². The summed E-state index contributed by atoms with van der Waals surface area (Å²) in [6, 6.07) is 1.33. The van der Waals surface area contributed by atoms with Crippen LogP contribution >= 0.6 is 11.3 Å². The van der Waals surface area contributed by atoms with Crippen molar-refractivity contribution in [2.45, 2.75) is 40.2 Å². The normalized spacial score (nSPS) is 10.5. The molecule has 0 aromatic carbocycles. The number of amides is 1. The molecule has 2 aromatic rings. The van der Waals surface area contributed by atoms with E-state index in [1.807, 2.05) is 6.92 Å². The zero-order valence-corrected chi connectivity index (χ0v) is 17.7. The first-order chi connectivity index (χ1) is 14.3. The van der Waals surface area contributed by atoms with Gasteiger partial charge in [-0.15, -0.1) is 11.3 Å². The summed E-state index contributed by atoms with van der Waals surface area (Å²) in [4.78, 5) is 48.2. The zero-order valence-electron chi connectivity index (χ0n) is 16.9. The summed E-state index contributed by atoms with van der Waals surface area (Å²) >= 11 is 0.947. The van der Waals surface area contributed by atoms with Crippen molar-refractivity contribution in [2.24, 2.45) is 0 Å². The molecule has 0 saturated carbocycles. The fourth-order valence-electron chi connectivity index (χ4n) is 2.51. The van der Waals surface area contributed by atoms with E-state index in [2.05, 4.69) is 10.4 Å². The predicted molar refractivity (Wildman–Crippen MR) is 108 cm³/mol. The molecule has 0 bridgehead atoms. The van der Waals surface area contributed by atoms with Crippen LogP contribution in [-0.2, 0) is 20.8 Å². The minimum atomic E-state index is -1.16. The van der Waals surface area contributed by atoms with Crippen molar-refractivity contribution in [2.75, 3.05) is 18.5 Å². The maximum atomic E-state index is 12.5. The lowest BCUT2D eigenvalue weighted by atomic mass is 10.1. The van der Waals surface area contributed by atoms with E-state index in [0.717, 1.165) is 11.3 Å². The summed E-state index contributed by atoms with van der Waals surface area (Å²) in [7, 11) is 0. The maximum absolute atomic E-state index is 12.5. The maximum Gasteiger partial charge on any atom is 0.356 e. The third-order valence-electron chi connectivity index (χ3n) is 3.93. The molecule has 0 atom stereocenters. The summed E-state index contributed by atoms with van der Waals surface area (Å²) in [5.74, 6) is -2.80. The van der Waals surface area contributed by atoms with Gasteiger partial charge in [0.2, 0.25) is 5.91 Å². The van der Waals surface area contributed by atoms with Crippen molar-refractivity contribution in [1.29, 1.82) is 0 Å². The van der Waals surface area contributed by atoms with Gasteiger partial charge >= 0.3 is 17.9 Å². The van der Waals surface area contributed by atoms with Gasteiger partial charge in [0, 0.05) is 19.2 Å². The second-order valence-corrected chi connectivity index (χ2v) is 7.20. The van der Waals surface area contributed by atoms with Crippen LogP contribution in [0.5, 0.6) is 0 Å². The first kappa shape index (κ1) is 23.1. The van der Waals surface area contributed by atoms with Crippen LogP contribution in [0.25, 0.3) is 0 Å². The molecule has 2 aromatic heterocycles. The Hall–Kier alpha value is -3.21. The Morgan fingerprint density at radius 3 is 2.53 bits per heavy atom. The Kier molecular flexibility index (Phi) is 8.10. The Morgan fingerprint density at radius 2 is 1.93 bits per heavy atom. The quantitative estimate of drug-likeness (QED) is 0.541. The summed E-state index contributed by atoms with van der Waals surface area (Å²) in [6.45, 7) is 5.65. The molecule has 162 valence electrons. The monoisotopic (exact) mass is 437 g/mol. The van der Waals surface area contributed by atoms with Gasteiger partial charge in [-0.1, -0.05) is 6.92 Å². The summed E-state index contributed by atoms with van der Waals surface area (Å²) in [5.41, 5.74) is 0.384. The molecule has 2 N–H and O–H groups in total. The van der Waals surface area contributed by atoms with Crippen LogP contribution in [0.4, 0.5) is 5.00 Å². The average Bonchev–Trinajstić information content (AvgIpc) is 3.29. The van der Waals surface area contributed by atoms with Crippen LogP contribution in [0.15, 0.2) is 12.3 Å². The second kappa shape index (κ2) is 10.5. The van der Waals surface area contributed by atoms with Crippen molar-refractivity contribution in [3.63, 3.8) is 0 Å². The van der Waals surface area contributed by atoms with Crippen LogP contribution in [-0.4, -0.2) is 51.9 Å². The van der Waals surface area contributed by atoms with Gasteiger partial charge in [-0.3, -0.25) is 9.48 Å². The highest BCUT2D eigenvalue weighted by atomic mass is 32.1. The number of hydrogen-bond acceptors (Lipinski definition) is 8. The number of carboxylic acid groups (broad SMARTS) is 1. The third kappa shape index (κ3) is 5.66. The van der Waals surface area contributed by atoms with E-state index in [-0.39, 0.29) is 47.3 Å². The van der Waals surface area contributed by atoms with Gasteiger partial charge in [0.15, 0.2) is 5.69 Å². The minimum absolute atomic E-state index is 0.0180. The molecule has 2 rings (SSSR count). The molecular weight excluding hydrogens is 414 g/mol. The van der Waals surface area contributed by atoms with Gasteiger partial charge in [-0.05, 0) is 31.9 Å². The number of hydrogen-bond donors (Lipinski definition) is 2. The average molecular weight is 437 g/mol. The van der Waals surface area contributed by atoms with Gasteiger partial charge in [0.25, 0.3) is 0 Å². The zero-order chi connectivity index (χ0) is 22.3. The number of rotatable bonds is 10. The fraction of sp³-hybridized carbons (Fsp3) is 0.421. The van der Waals surface area contributed by atoms with Crippen molar-refractivity contribution >= 4 is 40.2 Å². The molecule has 11 heteroatoms. The van der Waals surface area contributed by atoms with E-state index in [9.17, 15) is 19.2 Å². The molecule has 10 nitrogen and oxygen atoms in total. The largest absolute Gasteiger partial charge is 0.476 e. The standard InChI is InChI=1S/C19H23N3O7S/c1-4-10-29-18(26)14-11(3)15(19(27)28-5-2)30-16(14)20-13(23)7-9-22-8-6-12(21-22)17(24)25/h6,8H,4-5,7,9-10H2,1-3H3,(H,20,23)(H,24,25). The lowest BCUT2D eigenvalue weighted by molar-refractivity contribution is -0.116. The van der Waals surface area contributed by atoms with Gasteiger partial charge < -0.3 is 19.9 Å². The first-order valence-electron chi connectivity index (χ1n) is 9.32. The first-order valence-corrected chi connectivity index (χ1v) is 10.1. The van der Waals surface area contributed by atoms with Crippen LogP contribution in [0, 0.1) is 6.92 Å². The molecule has 2 heterocycles. The SMILES string of the molecule is CCCOC(=O)c1c(NC(=O)CCn2ccc(C(=O)O)n2)sc(C(=O)OCC)c1C. The number of carbonyl (C=O) groups excluding carboxylic acids is 3. The van der Waals surface area contributed by atoms with E-state index < -0.39 is 23.8 Å². The molecular formula is C19H23N3O7S. The highest BCUT2D eigenvalue weighted by Crippen LogP contribution is 2.34. The highest BCUT2D eigenvalue weighted by molar-refractivity contribution is 7.18. The van der Waals surface area contributed by atoms with E-state index in [1.54, 1.807) is 13.8 Å². The summed E-state index contributed by atoms with van der Waals surface area (Å²) in [5, 5.41) is 15.6. The lowest BCUT2D eigenvalue weighted by Crippen LogP contribution is -2.17. The number of thiophene rings is 1.